The van der Waals surface area contributed by atoms with Gasteiger partial charge in [0.2, 0.25) is 0 Å². The van der Waals surface area contributed by atoms with Gasteiger partial charge in [0.05, 0.1) is 19.0 Å². The predicted octanol–water partition coefficient (Wildman–Crippen LogP) is 1.56. The van der Waals surface area contributed by atoms with E-state index in [0.29, 0.717) is 5.75 Å². The summed E-state index contributed by atoms with van der Waals surface area (Å²) in [4.78, 5) is 4.40. The summed E-state index contributed by atoms with van der Waals surface area (Å²) >= 11 is 0. The zero-order valence-corrected chi connectivity index (χ0v) is 12.1. The van der Waals surface area contributed by atoms with Gasteiger partial charge in [0.25, 0.3) is 0 Å². The molecule has 0 aliphatic heterocycles. The highest BCUT2D eigenvalue weighted by atomic mass is 16.5. The zero-order chi connectivity index (χ0) is 14.5. The molecule has 6 heteroatoms. The van der Waals surface area contributed by atoms with Crippen LogP contribution in [0.15, 0.2) is 24.5 Å². The second-order valence-electron chi connectivity index (χ2n) is 4.68. The van der Waals surface area contributed by atoms with Crippen molar-refractivity contribution in [2.24, 2.45) is 5.84 Å². The van der Waals surface area contributed by atoms with Crippen LogP contribution >= 0.6 is 0 Å². The molecule has 6 nitrogen and oxygen atoms in total. The number of hydrogen-bond acceptors (Lipinski definition) is 5. The fourth-order valence-corrected chi connectivity index (χ4v) is 2.24. The van der Waals surface area contributed by atoms with Gasteiger partial charge in [-0.25, -0.2) is 5.43 Å². The molecule has 0 fully saturated rings. The van der Waals surface area contributed by atoms with E-state index in [-0.39, 0.29) is 6.04 Å². The van der Waals surface area contributed by atoms with Crippen LogP contribution in [-0.2, 0) is 6.54 Å². The third-order valence-corrected chi connectivity index (χ3v) is 3.17. The van der Waals surface area contributed by atoms with Crippen molar-refractivity contribution >= 4 is 0 Å². The van der Waals surface area contributed by atoms with Crippen LogP contribution in [0.2, 0.25) is 0 Å². The van der Waals surface area contributed by atoms with E-state index in [4.69, 9.17) is 10.6 Å². The van der Waals surface area contributed by atoms with E-state index in [2.05, 4.69) is 22.4 Å². The number of hydrazine groups is 1. The molecule has 0 aliphatic carbocycles. The van der Waals surface area contributed by atoms with Gasteiger partial charge < -0.3 is 4.74 Å². The highest BCUT2D eigenvalue weighted by Gasteiger charge is 2.23. The van der Waals surface area contributed by atoms with Crippen LogP contribution in [0.25, 0.3) is 0 Å². The monoisotopic (exact) mass is 275 g/mol. The number of aromatic nitrogens is 3. The average Bonchev–Trinajstić information content (AvgIpc) is 2.84. The molecule has 3 N–H and O–H groups in total. The number of rotatable bonds is 6. The molecule has 2 heterocycles. The van der Waals surface area contributed by atoms with E-state index in [1.807, 2.05) is 23.7 Å². The first-order chi connectivity index (χ1) is 9.71. The molecule has 0 bridgehead atoms. The molecular formula is C14H21N5O. The highest BCUT2D eigenvalue weighted by Crippen LogP contribution is 2.29. The Hall–Kier alpha value is -1.92. The Morgan fingerprint density at radius 1 is 1.50 bits per heavy atom. The Bertz CT molecular complexity index is 566. The molecule has 1 unspecified atom stereocenters. The van der Waals surface area contributed by atoms with Crippen molar-refractivity contribution < 1.29 is 4.74 Å². The summed E-state index contributed by atoms with van der Waals surface area (Å²) in [6, 6.07) is 3.71. The van der Waals surface area contributed by atoms with Gasteiger partial charge in [0.15, 0.2) is 5.75 Å². The topological polar surface area (TPSA) is 78.0 Å². The van der Waals surface area contributed by atoms with Gasteiger partial charge in [-0.05, 0) is 31.0 Å². The molecule has 2 aromatic rings. The smallest absolute Gasteiger partial charge is 0.162 e. The molecule has 108 valence electrons. The Labute approximate surface area is 118 Å². The van der Waals surface area contributed by atoms with Crippen molar-refractivity contribution in [3.63, 3.8) is 0 Å². The Morgan fingerprint density at radius 3 is 2.90 bits per heavy atom. The van der Waals surface area contributed by atoms with Crippen LogP contribution in [0.5, 0.6) is 5.75 Å². The number of nitrogens with two attached hydrogens (primary N) is 1. The number of nitrogens with one attached hydrogen (secondary N) is 1. The minimum atomic E-state index is -0.251. The van der Waals surface area contributed by atoms with Crippen LogP contribution < -0.4 is 16.0 Å². The standard InChI is InChI=1S/C14H21N5O/c1-4-7-19-14(12(20-3)9-17-19)13(18-15)11-8-10(2)5-6-16-11/h5-6,8-9,13,18H,4,7,15H2,1-3H3. The van der Waals surface area contributed by atoms with Crippen LogP contribution in [0.1, 0.15) is 36.3 Å². The van der Waals surface area contributed by atoms with Gasteiger partial charge in [-0.1, -0.05) is 6.92 Å². The van der Waals surface area contributed by atoms with Crippen LogP contribution in [0, 0.1) is 6.92 Å². The molecule has 0 amide bonds. The molecule has 0 radical (unpaired) electrons. The third-order valence-electron chi connectivity index (χ3n) is 3.17. The molecule has 0 aliphatic rings. The Morgan fingerprint density at radius 2 is 2.30 bits per heavy atom. The molecular weight excluding hydrogens is 254 g/mol. The molecule has 0 aromatic carbocycles. The van der Waals surface area contributed by atoms with E-state index in [0.717, 1.165) is 29.9 Å². The minimum Gasteiger partial charge on any atom is -0.493 e. The lowest BCUT2D eigenvalue weighted by molar-refractivity contribution is 0.397. The first-order valence-corrected chi connectivity index (χ1v) is 6.69. The van der Waals surface area contributed by atoms with Gasteiger partial charge in [-0.15, -0.1) is 0 Å². The van der Waals surface area contributed by atoms with Gasteiger partial charge >= 0.3 is 0 Å². The number of methoxy groups -OCH3 is 1. The summed E-state index contributed by atoms with van der Waals surface area (Å²) in [5.41, 5.74) is 5.70. The van der Waals surface area contributed by atoms with Gasteiger partial charge in [-0.3, -0.25) is 15.5 Å². The SMILES string of the molecule is CCCn1ncc(OC)c1C(NN)c1cc(C)ccn1. The van der Waals surface area contributed by atoms with Crippen molar-refractivity contribution in [2.75, 3.05) is 7.11 Å². The summed E-state index contributed by atoms with van der Waals surface area (Å²) in [6.45, 7) is 4.94. The lowest BCUT2D eigenvalue weighted by atomic mass is 10.1. The van der Waals surface area contributed by atoms with Gasteiger partial charge in [0.1, 0.15) is 11.7 Å². The Kier molecular flexibility index (Phi) is 4.70. The quantitative estimate of drug-likeness (QED) is 0.618. The van der Waals surface area contributed by atoms with Crippen LogP contribution in [-0.4, -0.2) is 21.9 Å². The lowest BCUT2D eigenvalue weighted by Gasteiger charge is -2.18. The first kappa shape index (κ1) is 14.5. The number of ether oxygens (including phenoxy) is 1. The molecule has 20 heavy (non-hydrogen) atoms. The highest BCUT2D eigenvalue weighted by molar-refractivity contribution is 5.34. The maximum atomic E-state index is 5.75. The maximum Gasteiger partial charge on any atom is 0.162 e. The fraction of sp³-hybridized carbons (Fsp3) is 0.429. The summed E-state index contributed by atoms with van der Waals surface area (Å²) in [6.07, 6.45) is 4.48. The maximum absolute atomic E-state index is 5.75. The second kappa shape index (κ2) is 6.49. The second-order valence-corrected chi connectivity index (χ2v) is 4.68. The first-order valence-electron chi connectivity index (χ1n) is 6.69. The van der Waals surface area contributed by atoms with Crippen molar-refractivity contribution in [1.82, 2.24) is 20.2 Å². The summed E-state index contributed by atoms with van der Waals surface area (Å²) in [7, 11) is 1.63. The van der Waals surface area contributed by atoms with Crippen molar-refractivity contribution in [3.8, 4) is 5.75 Å². The van der Waals surface area contributed by atoms with Crippen molar-refractivity contribution in [3.05, 3.63) is 41.5 Å². The predicted molar refractivity (Wildman–Crippen MR) is 77.2 cm³/mol. The molecule has 2 rings (SSSR count). The molecule has 0 spiro atoms. The summed E-state index contributed by atoms with van der Waals surface area (Å²) < 4.78 is 7.31. The van der Waals surface area contributed by atoms with E-state index in [1.54, 1.807) is 19.5 Å². The van der Waals surface area contributed by atoms with E-state index in [1.165, 1.54) is 0 Å². The van der Waals surface area contributed by atoms with E-state index >= 15 is 0 Å². The average molecular weight is 275 g/mol. The van der Waals surface area contributed by atoms with E-state index in [9.17, 15) is 0 Å². The number of pyridine rings is 1. The number of aryl methyl sites for hydroxylation is 2. The fourth-order valence-electron chi connectivity index (χ4n) is 2.24. The van der Waals surface area contributed by atoms with Crippen LogP contribution in [0.4, 0.5) is 0 Å². The molecule has 1 atom stereocenters. The third kappa shape index (κ3) is 2.81. The zero-order valence-electron chi connectivity index (χ0n) is 12.1. The Balaban J connectivity index is 2.48. The largest absolute Gasteiger partial charge is 0.493 e. The molecule has 0 saturated heterocycles. The summed E-state index contributed by atoms with van der Waals surface area (Å²) in [5.74, 6) is 6.46. The molecule has 2 aromatic heterocycles. The summed E-state index contributed by atoms with van der Waals surface area (Å²) in [5, 5.41) is 4.36. The minimum absolute atomic E-state index is 0.251. The number of hydrogen-bond donors (Lipinski definition) is 2. The van der Waals surface area contributed by atoms with Crippen LogP contribution in [0.3, 0.4) is 0 Å². The van der Waals surface area contributed by atoms with Crippen molar-refractivity contribution in [2.45, 2.75) is 32.9 Å². The normalized spacial score (nSPS) is 12.4. The lowest BCUT2D eigenvalue weighted by Crippen LogP contribution is -2.31. The van der Waals surface area contributed by atoms with Gasteiger partial charge in [0, 0.05) is 12.7 Å². The van der Waals surface area contributed by atoms with Crippen molar-refractivity contribution in [1.29, 1.82) is 0 Å². The molecule has 0 saturated carbocycles. The van der Waals surface area contributed by atoms with E-state index < -0.39 is 0 Å². The number of nitrogens with zero attached hydrogens (tertiary/aromatic N) is 3. The van der Waals surface area contributed by atoms with Gasteiger partial charge in [-0.2, -0.15) is 5.10 Å².